The molecule has 1 aromatic heterocycles. The van der Waals surface area contributed by atoms with Crippen molar-refractivity contribution in [3.63, 3.8) is 0 Å². The van der Waals surface area contributed by atoms with Crippen molar-refractivity contribution in [3.8, 4) is 0 Å². The number of carbonyl (C=O) groups is 1. The molecule has 3 N–H and O–H groups in total. The van der Waals surface area contributed by atoms with Gasteiger partial charge in [-0.1, -0.05) is 23.2 Å². The monoisotopic (exact) mass is 305 g/mol. The molecule has 1 aromatic rings. The number of H-pyrrole nitrogens is 1. The Morgan fingerprint density at radius 3 is 2.74 bits per heavy atom. The summed E-state index contributed by atoms with van der Waals surface area (Å²) in [6.07, 6.45) is 0.776. The zero-order valence-corrected chi connectivity index (χ0v) is 12.4. The van der Waals surface area contributed by atoms with Gasteiger partial charge in [0.1, 0.15) is 5.69 Å². The lowest BCUT2D eigenvalue weighted by molar-refractivity contribution is 0.0475. The third-order valence-electron chi connectivity index (χ3n) is 3.33. The van der Waals surface area contributed by atoms with Crippen LogP contribution in [0.4, 0.5) is 0 Å². The number of carbonyl (C=O) groups excluding carboxylic acids is 1. The SMILES string of the molecule is COC1CNCCC1NC(=O)c1[nH]c(C)c(Cl)c1Cl. The van der Waals surface area contributed by atoms with E-state index >= 15 is 0 Å². The lowest BCUT2D eigenvalue weighted by Crippen LogP contribution is -2.53. The number of hydrogen-bond donors (Lipinski definition) is 3. The van der Waals surface area contributed by atoms with Gasteiger partial charge < -0.3 is 20.4 Å². The predicted octanol–water partition coefficient (Wildman–Crippen LogP) is 1.74. The quantitative estimate of drug-likeness (QED) is 0.797. The molecule has 1 aliphatic heterocycles. The minimum Gasteiger partial charge on any atom is -0.378 e. The van der Waals surface area contributed by atoms with Crippen molar-refractivity contribution in [3.05, 3.63) is 21.4 Å². The van der Waals surface area contributed by atoms with E-state index in [1.165, 1.54) is 0 Å². The number of aryl methyl sites for hydroxylation is 1. The van der Waals surface area contributed by atoms with Gasteiger partial charge in [-0.25, -0.2) is 0 Å². The van der Waals surface area contributed by atoms with Crippen LogP contribution in [-0.2, 0) is 4.74 Å². The Kier molecular flexibility index (Phi) is 4.73. The molecule has 0 aliphatic carbocycles. The fourth-order valence-electron chi connectivity index (χ4n) is 2.21. The van der Waals surface area contributed by atoms with E-state index in [0.717, 1.165) is 19.5 Å². The smallest absolute Gasteiger partial charge is 0.269 e. The fraction of sp³-hybridized carbons (Fsp3) is 0.583. The van der Waals surface area contributed by atoms with E-state index in [9.17, 15) is 4.79 Å². The van der Waals surface area contributed by atoms with E-state index in [4.69, 9.17) is 27.9 Å². The standard InChI is InChI=1S/C12H17Cl2N3O2/c1-6-9(13)10(14)11(16-6)12(18)17-7-3-4-15-5-8(7)19-2/h7-8,15-16H,3-5H2,1-2H3,(H,17,18). The number of halogens is 2. The van der Waals surface area contributed by atoms with Crippen LogP contribution >= 0.6 is 23.2 Å². The highest BCUT2D eigenvalue weighted by atomic mass is 35.5. The van der Waals surface area contributed by atoms with Crippen molar-refractivity contribution < 1.29 is 9.53 Å². The van der Waals surface area contributed by atoms with Crippen LogP contribution in [0.15, 0.2) is 0 Å². The van der Waals surface area contributed by atoms with E-state index in [1.54, 1.807) is 14.0 Å². The molecule has 2 rings (SSSR count). The Hall–Kier alpha value is -0.750. The molecule has 5 nitrogen and oxygen atoms in total. The molecule has 0 saturated carbocycles. The second kappa shape index (κ2) is 6.13. The summed E-state index contributed by atoms with van der Waals surface area (Å²) in [5, 5.41) is 6.81. The molecule has 0 aromatic carbocycles. The van der Waals surface area contributed by atoms with Crippen LogP contribution in [0.3, 0.4) is 0 Å². The maximum absolute atomic E-state index is 12.2. The van der Waals surface area contributed by atoms with Crippen molar-refractivity contribution in [2.45, 2.75) is 25.5 Å². The molecule has 1 aliphatic rings. The normalized spacial score (nSPS) is 23.4. The van der Waals surface area contributed by atoms with Crippen molar-refractivity contribution in [2.24, 2.45) is 0 Å². The summed E-state index contributed by atoms with van der Waals surface area (Å²) in [4.78, 5) is 15.1. The van der Waals surface area contributed by atoms with E-state index in [0.29, 0.717) is 16.4 Å². The number of methoxy groups -OCH3 is 1. The Morgan fingerprint density at radius 2 is 2.16 bits per heavy atom. The second-order valence-electron chi connectivity index (χ2n) is 4.60. The number of ether oxygens (including phenoxy) is 1. The third-order valence-corrected chi connectivity index (χ3v) is 4.27. The van der Waals surface area contributed by atoms with Gasteiger partial charge in [0.2, 0.25) is 0 Å². The van der Waals surface area contributed by atoms with Crippen LogP contribution in [0.1, 0.15) is 22.6 Å². The Labute approximate surface area is 122 Å². The minimum absolute atomic E-state index is 0.0304. The largest absolute Gasteiger partial charge is 0.378 e. The number of rotatable bonds is 3. The van der Waals surface area contributed by atoms with Crippen LogP contribution in [0.25, 0.3) is 0 Å². The van der Waals surface area contributed by atoms with Crippen LogP contribution in [0, 0.1) is 6.92 Å². The van der Waals surface area contributed by atoms with Crippen LogP contribution in [0.5, 0.6) is 0 Å². The number of hydrogen-bond acceptors (Lipinski definition) is 3. The van der Waals surface area contributed by atoms with Gasteiger partial charge >= 0.3 is 0 Å². The first-order valence-electron chi connectivity index (χ1n) is 6.12. The third kappa shape index (κ3) is 3.05. The first kappa shape index (κ1) is 14.7. The van der Waals surface area contributed by atoms with E-state index in [1.807, 2.05) is 0 Å². The molecule has 0 bridgehead atoms. The molecule has 2 atom stereocenters. The number of aromatic nitrogens is 1. The summed E-state index contributed by atoms with van der Waals surface area (Å²) in [6, 6.07) is -0.0304. The summed E-state index contributed by atoms with van der Waals surface area (Å²) < 4.78 is 5.35. The molecular formula is C12H17Cl2N3O2. The second-order valence-corrected chi connectivity index (χ2v) is 5.36. The van der Waals surface area contributed by atoms with Crippen molar-refractivity contribution in [1.82, 2.24) is 15.6 Å². The maximum Gasteiger partial charge on any atom is 0.269 e. The highest BCUT2D eigenvalue weighted by Crippen LogP contribution is 2.29. The first-order valence-corrected chi connectivity index (χ1v) is 6.88. The highest BCUT2D eigenvalue weighted by Gasteiger charge is 2.28. The zero-order valence-electron chi connectivity index (χ0n) is 10.8. The van der Waals surface area contributed by atoms with Crippen molar-refractivity contribution in [2.75, 3.05) is 20.2 Å². The van der Waals surface area contributed by atoms with Crippen LogP contribution in [-0.4, -0.2) is 43.2 Å². The van der Waals surface area contributed by atoms with Gasteiger partial charge in [0.15, 0.2) is 0 Å². The summed E-state index contributed by atoms with van der Waals surface area (Å²) in [5.74, 6) is -0.256. The van der Waals surface area contributed by atoms with E-state index in [-0.39, 0.29) is 23.1 Å². The maximum atomic E-state index is 12.2. The van der Waals surface area contributed by atoms with Gasteiger partial charge in [0.25, 0.3) is 5.91 Å². The van der Waals surface area contributed by atoms with Gasteiger partial charge in [-0.3, -0.25) is 4.79 Å². The molecule has 1 amide bonds. The topological polar surface area (TPSA) is 66.2 Å². The lowest BCUT2D eigenvalue weighted by Gasteiger charge is -2.31. The molecule has 2 heterocycles. The Morgan fingerprint density at radius 1 is 1.42 bits per heavy atom. The summed E-state index contributed by atoms with van der Waals surface area (Å²) in [6.45, 7) is 3.34. The molecule has 0 radical (unpaired) electrons. The highest BCUT2D eigenvalue weighted by molar-refractivity contribution is 6.44. The van der Waals surface area contributed by atoms with Gasteiger partial charge in [-0.2, -0.15) is 0 Å². The van der Waals surface area contributed by atoms with E-state index < -0.39 is 0 Å². The average molecular weight is 306 g/mol. The Bertz CT molecular complexity index is 476. The summed E-state index contributed by atoms with van der Waals surface area (Å²) in [7, 11) is 1.64. The average Bonchev–Trinajstić information content (AvgIpc) is 2.67. The Balaban J connectivity index is 2.09. The van der Waals surface area contributed by atoms with Gasteiger partial charge in [-0.15, -0.1) is 0 Å². The molecule has 0 spiro atoms. The number of amides is 1. The number of nitrogens with one attached hydrogen (secondary N) is 3. The van der Waals surface area contributed by atoms with E-state index in [2.05, 4.69) is 15.6 Å². The number of aromatic amines is 1. The van der Waals surface area contributed by atoms with Crippen LogP contribution in [0.2, 0.25) is 10.0 Å². The molecule has 1 saturated heterocycles. The molecular weight excluding hydrogens is 289 g/mol. The fourth-order valence-corrected chi connectivity index (χ4v) is 2.63. The molecule has 7 heteroatoms. The van der Waals surface area contributed by atoms with Crippen LogP contribution < -0.4 is 10.6 Å². The van der Waals surface area contributed by atoms with Crippen molar-refractivity contribution >= 4 is 29.1 Å². The first-order chi connectivity index (χ1) is 9.04. The van der Waals surface area contributed by atoms with Crippen molar-refractivity contribution in [1.29, 1.82) is 0 Å². The predicted molar refractivity (Wildman–Crippen MR) is 75.1 cm³/mol. The molecule has 106 valence electrons. The molecule has 1 fully saturated rings. The van der Waals surface area contributed by atoms with Gasteiger partial charge in [0, 0.05) is 19.3 Å². The summed E-state index contributed by atoms with van der Waals surface area (Å²) in [5.41, 5.74) is 0.989. The lowest BCUT2D eigenvalue weighted by atomic mass is 10.0. The zero-order chi connectivity index (χ0) is 14.0. The minimum atomic E-state index is -0.256. The van der Waals surface area contributed by atoms with Gasteiger partial charge in [0.05, 0.1) is 22.2 Å². The summed E-state index contributed by atoms with van der Waals surface area (Å²) >= 11 is 12.0. The molecule has 2 unspecified atom stereocenters. The number of piperidine rings is 1. The molecule has 19 heavy (non-hydrogen) atoms. The van der Waals surface area contributed by atoms with Gasteiger partial charge in [-0.05, 0) is 19.9 Å².